The topological polar surface area (TPSA) is 13.0 Å². The van der Waals surface area contributed by atoms with Gasteiger partial charge in [-0.1, -0.05) is 19.6 Å². The molecule has 0 amide bonds. The maximum absolute atomic E-state index is 3.22. The van der Waals surface area contributed by atoms with Crippen molar-refractivity contribution in [3.8, 4) is 0 Å². The van der Waals surface area contributed by atoms with Crippen LogP contribution < -0.4 is 0 Å². The molecule has 1 fully saturated rings. The van der Waals surface area contributed by atoms with Crippen molar-refractivity contribution in [1.82, 2.24) is 18.0 Å². The Morgan fingerprint density at radius 1 is 0.676 bits per heavy atom. The van der Waals surface area contributed by atoms with E-state index < -0.39 is 30.6 Å². The summed E-state index contributed by atoms with van der Waals surface area (Å²) in [6, 6.07) is 2.14. The fraction of sp³-hybridized carbons (Fsp3) is 0.962. The van der Waals surface area contributed by atoms with Gasteiger partial charge in [-0.05, 0) is 110 Å². The van der Waals surface area contributed by atoms with Gasteiger partial charge >= 0.3 is 0 Å². The minimum atomic E-state index is -1.80. The predicted molar refractivity (Wildman–Crippen MR) is 167 cm³/mol. The van der Waals surface area contributed by atoms with E-state index in [4.69, 9.17) is 0 Å². The molecule has 0 bridgehead atoms. The Morgan fingerprint density at radius 2 is 0.941 bits per heavy atom. The molecule has 0 saturated carbocycles. The molecule has 4 nitrogen and oxygen atoms in total. The fourth-order valence-corrected chi connectivity index (χ4v) is 59.9. The van der Waals surface area contributed by atoms with Crippen LogP contribution >= 0.6 is 14.1 Å². The van der Waals surface area contributed by atoms with Gasteiger partial charge in [0, 0.05) is 35.2 Å². The molecule has 34 heavy (non-hydrogen) atoms. The molecular formula is C26H61N4P2Si2+. The fourth-order valence-electron chi connectivity index (χ4n) is 8.02. The monoisotopic (exact) mass is 547 g/mol. The van der Waals surface area contributed by atoms with Gasteiger partial charge in [-0.2, -0.15) is 8.67 Å². The van der Waals surface area contributed by atoms with Crippen molar-refractivity contribution in [1.29, 1.82) is 0 Å². The van der Waals surface area contributed by atoms with E-state index in [1.54, 1.807) is 0 Å². The van der Waals surface area contributed by atoms with Gasteiger partial charge in [-0.25, -0.2) is 9.34 Å². The third-order valence-electron chi connectivity index (χ3n) is 7.21. The summed E-state index contributed by atoms with van der Waals surface area (Å²) in [5.41, 5.74) is 0.355. The van der Waals surface area contributed by atoms with E-state index in [0.29, 0.717) is 24.2 Å². The Bertz CT molecular complexity index is 765. The molecule has 0 aromatic rings. The molecule has 202 valence electrons. The lowest BCUT2D eigenvalue weighted by molar-refractivity contribution is 0.231. The zero-order valence-corrected chi connectivity index (χ0v) is 30.3. The van der Waals surface area contributed by atoms with E-state index in [1.807, 2.05) is 0 Å². The van der Waals surface area contributed by atoms with E-state index in [2.05, 4.69) is 152 Å². The predicted octanol–water partition coefficient (Wildman–Crippen LogP) is 8.77. The van der Waals surface area contributed by atoms with Crippen molar-refractivity contribution < 1.29 is 0 Å². The van der Waals surface area contributed by atoms with Crippen LogP contribution in [-0.4, -0.2) is 74.4 Å². The van der Waals surface area contributed by atoms with E-state index in [9.17, 15) is 0 Å². The maximum atomic E-state index is 3.22. The van der Waals surface area contributed by atoms with Crippen LogP contribution in [0.1, 0.15) is 96.9 Å². The zero-order chi connectivity index (χ0) is 27.2. The largest absolute Gasteiger partial charge is 0.285 e. The first-order valence-electron chi connectivity index (χ1n) is 13.7. The standard InChI is InChI=1S/C26H61N4P2Si2/c1-20(2)27(21(3)4)31(28(22(5)6)23(7)8)24(33(15,16)17)32(31)29(25(9,10)11)34(18,19)30(32)26(12,13)14/h20-23H,1-19H3/q+1. The Balaban J connectivity index is 3.21. The molecule has 0 aromatic carbocycles. The average molecular weight is 548 g/mol. The highest BCUT2D eigenvalue weighted by molar-refractivity contribution is 8.69. The second-order valence-corrected chi connectivity index (χ2v) is 34.4. The molecule has 0 unspecified atom stereocenters. The summed E-state index contributed by atoms with van der Waals surface area (Å²) in [7, 11) is -5.09. The van der Waals surface area contributed by atoms with Crippen LogP contribution in [0.2, 0.25) is 32.7 Å². The highest BCUT2D eigenvalue weighted by Gasteiger charge is 2.97. The molecule has 8 heteroatoms. The molecule has 2 rings (SSSR count). The molecule has 0 atom stereocenters. The van der Waals surface area contributed by atoms with E-state index in [1.165, 1.54) is 0 Å². The molecular weight excluding hydrogens is 486 g/mol. The summed E-state index contributed by atoms with van der Waals surface area (Å²) < 4.78 is 14.7. The first-order chi connectivity index (χ1) is 14.9. The zero-order valence-electron chi connectivity index (χ0n) is 26.5. The van der Waals surface area contributed by atoms with Crippen molar-refractivity contribution in [2.24, 2.45) is 0 Å². The molecule has 2 aliphatic heterocycles. The molecule has 1 saturated heterocycles. The third-order valence-corrected chi connectivity index (χ3v) is 38.6. The van der Waals surface area contributed by atoms with Crippen molar-refractivity contribution >= 4 is 35.3 Å². The van der Waals surface area contributed by atoms with Gasteiger partial charge < -0.3 is 0 Å². The number of nitrogens with zero attached hydrogens (tertiary/aromatic N) is 4. The maximum Gasteiger partial charge on any atom is 0.285 e. The summed E-state index contributed by atoms with van der Waals surface area (Å²) in [4.78, 5) is 0. The van der Waals surface area contributed by atoms with Gasteiger partial charge in [-0.3, -0.25) is 0 Å². The summed E-state index contributed by atoms with van der Waals surface area (Å²) in [6.07, 6.45) is 0. The van der Waals surface area contributed by atoms with Crippen LogP contribution in [0.5, 0.6) is 0 Å². The van der Waals surface area contributed by atoms with Crippen LogP contribution in [0, 0.1) is 0 Å². The van der Waals surface area contributed by atoms with Crippen LogP contribution in [0.15, 0.2) is 0 Å². The lowest BCUT2D eigenvalue weighted by atomic mass is 10.1. The lowest BCUT2D eigenvalue weighted by Crippen LogP contribution is -2.79. The quantitative estimate of drug-likeness (QED) is 0.233. The molecule has 0 N–H and O–H groups in total. The SMILES string of the molecule is CC(C)N(C(C)C)P1(N(C(C)C)C(C)C)=C([Si](C)(C)C)[P+]12N(C(C)(C)C)[Si](C)(C)N2C(C)(C)C. The highest BCUT2D eigenvalue weighted by Crippen LogP contribution is 3.16. The van der Waals surface area contributed by atoms with Gasteiger partial charge in [0.1, 0.15) is 12.7 Å². The van der Waals surface area contributed by atoms with Gasteiger partial charge in [0.2, 0.25) is 14.1 Å². The molecule has 0 aliphatic carbocycles. The smallest absolute Gasteiger partial charge is 0.232 e. The van der Waals surface area contributed by atoms with Crippen LogP contribution in [0.25, 0.3) is 0 Å². The third kappa shape index (κ3) is 4.17. The van der Waals surface area contributed by atoms with E-state index >= 15 is 0 Å². The Labute approximate surface area is 217 Å². The molecule has 0 radical (unpaired) electrons. The highest BCUT2D eigenvalue weighted by atomic mass is 32.2. The van der Waals surface area contributed by atoms with Gasteiger partial charge in [-0.15, -0.1) is 0 Å². The van der Waals surface area contributed by atoms with Gasteiger partial charge in [0.25, 0.3) is 8.40 Å². The van der Waals surface area contributed by atoms with Gasteiger partial charge in [0.15, 0.2) is 0 Å². The van der Waals surface area contributed by atoms with Crippen LogP contribution in [0.4, 0.5) is 0 Å². The first-order valence-corrected chi connectivity index (χ1v) is 24.2. The first kappa shape index (κ1) is 31.2. The van der Waals surface area contributed by atoms with Gasteiger partial charge in [0.05, 0.1) is 0 Å². The van der Waals surface area contributed by atoms with E-state index in [-0.39, 0.29) is 11.1 Å². The normalized spacial score (nSPS) is 23.4. The second-order valence-electron chi connectivity index (χ2n) is 15.3. The summed E-state index contributed by atoms with van der Waals surface area (Å²) in [5, 5.41) is 0. The summed E-state index contributed by atoms with van der Waals surface area (Å²) >= 11 is 0. The van der Waals surface area contributed by atoms with Crippen molar-refractivity contribution in [3.05, 3.63) is 0 Å². The Kier molecular flexibility index (Phi) is 8.30. The minimum Gasteiger partial charge on any atom is -0.232 e. The number of hydrogen-bond acceptors (Lipinski definition) is 4. The second kappa shape index (κ2) is 9.04. The molecule has 2 aliphatic rings. The van der Waals surface area contributed by atoms with Crippen LogP contribution in [-0.2, 0) is 0 Å². The van der Waals surface area contributed by atoms with Crippen molar-refractivity contribution in [2.75, 3.05) is 0 Å². The molecule has 0 aromatic heterocycles. The van der Waals surface area contributed by atoms with Crippen LogP contribution in [0.3, 0.4) is 0 Å². The van der Waals surface area contributed by atoms with E-state index in [0.717, 1.165) is 0 Å². The summed E-state index contributed by atoms with van der Waals surface area (Å²) in [6.45, 7) is 46.4. The minimum absolute atomic E-state index is 0.178. The molecule has 1 spiro atoms. The van der Waals surface area contributed by atoms with Crippen molar-refractivity contribution in [3.63, 3.8) is 0 Å². The number of rotatable bonds is 7. The Morgan fingerprint density at radius 3 is 1.12 bits per heavy atom. The Hall–Kier alpha value is 1.00. The lowest BCUT2D eigenvalue weighted by Gasteiger charge is -2.67. The number of hydrogen-bond donors (Lipinski definition) is 0. The average Bonchev–Trinajstić information content (AvgIpc) is 3.04. The summed E-state index contributed by atoms with van der Waals surface area (Å²) in [5.74, 6) is 0. The molecule has 2 heterocycles. The van der Waals surface area contributed by atoms with Crippen molar-refractivity contribution in [2.45, 2.75) is 165 Å².